The number of carbonyl (C=O) groups is 2. The van der Waals surface area contributed by atoms with Crippen LogP contribution in [-0.2, 0) is 0 Å². The van der Waals surface area contributed by atoms with Crippen molar-refractivity contribution in [2.75, 3.05) is 0 Å². The topological polar surface area (TPSA) is 107 Å². The van der Waals surface area contributed by atoms with Crippen LogP contribution in [0.15, 0.2) is 12.1 Å². The first-order valence-electron chi connectivity index (χ1n) is 4.32. The number of ether oxygens (including phenoxy) is 1. The molecule has 1 rings (SSSR count). The maximum Gasteiger partial charge on any atom is 0.387 e. The summed E-state index contributed by atoms with van der Waals surface area (Å²) in [5.41, 5.74) is -2.12. The van der Waals surface area contributed by atoms with E-state index in [1.165, 1.54) is 0 Å². The van der Waals surface area contributed by atoms with E-state index >= 15 is 0 Å². The third kappa shape index (κ3) is 2.75. The van der Waals surface area contributed by atoms with Crippen molar-refractivity contribution < 1.29 is 33.1 Å². The molecule has 0 radical (unpaired) electrons. The lowest BCUT2D eigenvalue weighted by molar-refractivity contribution is -0.385. The molecule has 18 heavy (non-hydrogen) atoms. The number of carboxylic acid groups (broad SMARTS) is 1. The second-order valence-corrected chi connectivity index (χ2v) is 2.97. The fourth-order valence-corrected chi connectivity index (χ4v) is 1.20. The average Bonchev–Trinajstić information content (AvgIpc) is 2.27. The smallest absolute Gasteiger partial charge is 0.387 e. The number of nitro benzene ring substituents is 1. The Morgan fingerprint density at radius 1 is 1.50 bits per heavy atom. The van der Waals surface area contributed by atoms with Crippen LogP contribution in [0.3, 0.4) is 0 Å². The van der Waals surface area contributed by atoms with Gasteiger partial charge in [0, 0.05) is 0 Å². The fourth-order valence-electron chi connectivity index (χ4n) is 1.20. The number of nitrogens with zero attached hydrogens (tertiary/aromatic N) is 1. The van der Waals surface area contributed by atoms with Gasteiger partial charge in [-0.2, -0.15) is 8.78 Å². The van der Waals surface area contributed by atoms with Crippen molar-refractivity contribution in [3.63, 3.8) is 0 Å². The first-order chi connectivity index (χ1) is 8.36. The van der Waals surface area contributed by atoms with Gasteiger partial charge >= 0.3 is 12.6 Å². The van der Waals surface area contributed by atoms with E-state index in [0.717, 1.165) is 0 Å². The molecular formula is C9H5F2NO6. The third-order valence-electron chi connectivity index (χ3n) is 1.90. The van der Waals surface area contributed by atoms with E-state index in [1.54, 1.807) is 0 Å². The van der Waals surface area contributed by atoms with Crippen molar-refractivity contribution in [3.8, 4) is 5.75 Å². The Balaban J connectivity index is 3.46. The molecule has 9 heteroatoms. The van der Waals surface area contributed by atoms with Crippen LogP contribution in [0.4, 0.5) is 14.5 Å². The monoisotopic (exact) mass is 261 g/mol. The van der Waals surface area contributed by atoms with Gasteiger partial charge in [0.2, 0.25) is 0 Å². The molecule has 7 nitrogen and oxygen atoms in total. The molecule has 0 unspecified atom stereocenters. The van der Waals surface area contributed by atoms with Crippen LogP contribution in [-0.4, -0.2) is 28.9 Å². The second kappa shape index (κ2) is 5.17. The molecule has 0 aliphatic rings. The van der Waals surface area contributed by atoms with Crippen LogP contribution in [0, 0.1) is 10.1 Å². The third-order valence-corrected chi connectivity index (χ3v) is 1.90. The number of carbonyl (C=O) groups excluding carboxylic acids is 1. The Morgan fingerprint density at radius 2 is 2.11 bits per heavy atom. The van der Waals surface area contributed by atoms with E-state index in [-0.39, 0.29) is 6.29 Å². The summed E-state index contributed by atoms with van der Waals surface area (Å²) in [6.45, 7) is -3.34. The average molecular weight is 261 g/mol. The van der Waals surface area contributed by atoms with Crippen LogP contribution >= 0.6 is 0 Å². The molecule has 0 saturated heterocycles. The highest BCUT2D eigenvalue weighted by Gasteiger charge is 2.23. The van der Waals surface area contributed by atoms with Crippen molar-refractivity contribution >= 4 is 17.9 Å². The van der Waals surface area contributed by atoms with E-state index in [9.17, 15) is 28.5 Å². The van der Waals surface area contributed by atoms with Gasteiger partial charge in [0.1, 0.15) is 11.3 Å². The first kappa shape index (κ1) is 13.5. The molecule has 0 heterocycles. The number of hydrogen-bond donors (Lipinski definition) is 1. The zero-order valence-electron chi connectivity index (χ0n) is 8.50. The molecule has 1 aromatic rings. The minimum Gasteiger partial charge on any atom is -0.478 e. The van der Waals surface area contributed by atoms with Crippen molar-refractivity contribution in [2.45, 2.75) is 6.61 Å². The highest BCUT2D eigenvalue weighted by atomic mass is 19.3. The number of aromatic carboxylic acids is 1. The summed E-state index contributed by atoms with van der Waals surface area (Å²) < 4.78 is 27.9. The summed E-state index contributed by atoms with van der Waals surface area (Å²) in [6.07, 6.45) is 0.0523. The molecule has 0 aromatic heterocycles. The Morgan fingerprint density at radius 3 is 2.50 bits per heavy atom. The second-order valence-electron chi connectivity index (χ2n) is 2.97. The molecule has 0 aliphatic heterocycles. The summed E-state index contributed by atoms with van der Waals surface area (Å²) in [5, 5.41) is 19.3. The number of aldehydes is 1. The molecule has 0 saturated carbocycles. The molecule has 1 N–H and O–H groups in total. The Kier molecular flexibility index (Phi) is 3.87. The number of halogens is 2. The van der Waals surface area contributed by atoms with Gasteiger partial charge in [0.25, 0.3) is 5.69 Å². The lowest BCUT2D eigenvalue weighted by atomic mass is 10.1. The van der Waals surface area contributed by atoms with Crippen LogP contribution in [0.1, 0.15) is 20.7 Å². The highest BCUT2D eigenvalue weighted by molar-refractivity contribution is 5.95. The molecular weight excluding hydrogens is 256 g/mol. The zero-order chi connectivity index (χ0) is 13.9. The van der Waals surface area contributed by atoms with Gasteiger partial charge in [-0.25, -0.2) is 4.79 Å². The first-order valence-corrected chi connectivity index (χ1v) is 4.32. The number of hydrogen-bond acceptors (Lipinski definition) is 5. The lowest BCUT2D eigenvalue weighted by Gasteiger charge is -2.08. The number of rotatable bonds is 5. The van der Waals surface area contributed by atoms with Gasteiger partial charge in [-0.15, -0.1) is 0 Å². The van der Waals surface area contributed by atoms with Gasteiger partial charge < -0.3 is 9.84 Å². The molecule has 96 valence electrons. The zero-order valence-corrected chi connectivity index (χ0v) is 8.50. The summed E-state index contributed by atoms with van der Waals surface area (Å²) in [6, 6.07) is 1.07. The Labute approximate surface area is 97.7 Å². The van der Waals surface area contributed by atoms with Crippen molar-refractivity contribution in [1.82, 2.24) is 0 Å². The quantitative estimate of drug-likeness (QED) is 0.491. The summed E-state index contributed by atoms with van der Waals surface area (Å²) >= 11 is 0. The predicted octanol–water partition coefficient (Wildman–Crippen LogP) is 1.71. The highest BCUT2D eigenvalue weighted by Crippen LogP contribution is 2.29. The molecule has 0 atom stereocenters. The normalized spacial score (nSPS) is 10.2. The van der Waals surface area contributed by atoms with Gasteiger partial charge in [0.05, 0.1) is 16.6 Å². The lowest BCUT2D eigenvalue weighted by Crippen LogP contribution is -2.09. The van der Waals surface area contributed by atoms with Crippen molar-refractivity contribution in [2.24, 2.45) is 0 Å². The SMILES string of the molecule is O=Cc1cc(C(=O)O)c(OC(F)F)cc1[N+](=O)[O-]. The maximum absolute atomic E-state index is 12.0. The van der Waals surface area contributed by atoms with Crippen molar-refractivity contribution in [1.29, 1.82) is 0 Å². The number of carboxylic acids is 1. The van der Waals surface area contributed by atoms with Crippen LogP contribution in [0.25, 0.3) is 0 Å². The molecule has 1 aromatic carbocycles. The van der Waals surface area contributed by atoms with Gasteiger partial charge in [-0.05, 0) is 6.07 Å². The summed E-state index contributed by atoms with van der Waals surface area (Å²) in [4.78, 5) is 30.8. The maximum atomic E-state index is 12.0. The minimum absolute atomic E-state index is 0.0523. The number of nitro groups is 1. The van der Waals surface area contributed by atoms with Crippen molar-refractivity contribution in [3.05, 3.63) is 33.4 Å². The molecule has 0 fully saturated rings. The Bertz CT molecular complexity index is 516. The minimum atomic E-state index is -3.34. The fraction of sp³-hybridized carbons (Fsp3) is 0.111. The van der Waals surface area contributed by atoms with Crippen LogP contribution in [0.5, 0.6) is 5.75 Å². The molecule has 0 aliphatic carbocycles. The largest absolute Gasteiger partial charge is 0.478 e. The number of benzene rings is 1. The van der Waals surface area contributed by atoms with E-state index in [0.29, 0.717) is 12.1 Å². The molecule has 0 spiro atoms. The Hall–Kier alpha value is -2.58. The van der Waals surface area contributed by atoms with Gasteiger partial charge in [-0.1, -0.05) is 0 Å². The van der Waals surface area contributed by atoms with Crippen LogP contribution < -0.4 is 4.74 Å². The summed E-state index contributed by atoms with van der Waals surface area (Å²) in [5.74, 6) is -2.53. The van der Waals surface area contributed by atoms with Crippen LogP contribution in [0.2, 0.25) is 0 Å². The van der Waals surface area contributed by atoms with E-state index in [2.05, 4.69) is 4.74 Å². The van der Waals surface area contributed by atoms with Gasteiger partial charge in [-0.3, -0.25) is 14.9 Å². The molecule has 0 amide bonds. The summed E-state index contributed by atoms with van der Waals surface area (Å²) in [7, 11) is 0. The van der Waals surface area contributed by atoms with E-state index in [1.807, 2.05) is 0 Å². The molecule has 0 bridgehead atoms. The van der Waals surface area contributed by atoms with E-state index < -0.39 is 40.1 Å². The van der Waals surface area contributed by atoms with Gasteiger partial charge in [0.15, 0.2) is 6.29 Å². The predicted molar refractivity (Wildman–Crippen MR) is 52.1 cm³/mol. The standard InChI is InChI=1S/C9H5F2NO6/c10-9(11)18-7-2-6(12(16)17)4(3-13)1-5(7)8(14)15/h1-3,9H,(H,14,15). The number of alkyl halides is 2. The van der Waals surface area contributed by atoms with E-state index in [4.69, 9.17) is 5.11 Å².